The summed E-state index contributed by atoms with van der Waals surface area (Å²) in [4.78, 5) is 0. The predicted molar refractivity (Wildman–Crippen MR) is 72.8 cm³/mol. The van der Waals surface area contributed by atoms with Gasteiger partial charge in [0.05, 0.1) is 6.20 Å². The second-order valence-electron chi connectivity index (χ2n) is 4.61. The minimum absolute atomic E-state index is 0.0943. The van der Waals surface area contributed by atoms with Crippen molar-refractivity contribution in [1.29, 1.82) is 0 Å². The molecule has 0 saturated heterocycles. The maximum absolute atomic E-state index is 13.1. The summed E-state index contributed by atoms with van der Waals surface area (Å²) in [6, 6.07) is 10.3. The fraction of sp³-hybridized carbons (Fsp3) is 0.133. The number of nitrogens with zero attached hydrogens (tertiary/aromatic N) is 2. The van der Waals surface area contributed by atoms with Crippen LogP contribution in [0.25, 0.3) is 21.9 Å². The molecule has 1 heterocycles. The fourth-order valence-electron chi connectivity index (χ4n) is 2.33. The van der Waals surface area contributed by atoms with Crippen LogP contribution in [0.4, 0.5) is 8.78 Å². The van der Waals surface area contributed by atoms with Crippen LogP contribution in [0.2, 0.25) is 0 Å². The fourth-order valence-corrected chi connectivity index (χ4v) is 2.33. The number of hydrogen-bond acceptors (Lipinski definition) is 2. The van der Waals surface area contributed by atoms with Gasteiger partial charge in [0.1, 0.15) is 11.4 Å². The molecule has 102 valence electrons. The third-order valence-electron chi connectivity index (χ3n) is 3.33. The highest BCUT2D eigenvalue weighted by molar-refractivity contribution is 5.88. The number of fused-ring (bicyclic) bond motifs is 1. The summed E-state index contributed by atoms with van der Waals surface area (Å²) >= 11 is 0. The Balaban J connectivity index is 2.18. The third kappa shape index (κ3) is 2.01. The molecular weight excluding hydrogens is 262 g/mol. The van der Waals surface area contributed by atoms with Crippen LogP contribution in [-0.4, -0.2) is 14.9 Å². The highest BCUT2D eigenvalue weighted by Crippen LogP contribution is 2.32. The largest absolute Gasteiger partial charge is 0.508 e. The van der Waals surface area contributed by atoms with Crippen molar-refractivity contribution < 1.29 is 13.9 Å². The van der Waals surface area contributed by atoms with Gasteiger partial charge in [-0.05, 0) is 34.5 Å². The maximum atomic E-state index is 13.1. The number of aromatic hydroxyl groups is 1. The van der Waals surface area contributed by atoms with Crippen LogP contribution in [0.3, 0.4) is 0 Å². The highest BCUT2D eigenvalue weighted by Gasteiger charge is 2.19. The Bertz CT molecular complexity index is 781. The molecular formula is C15H12F2N2O. The molecule has 0 bridgehead atoms. The van der Waals surface area contributed by atoms with Gasteiger partial charge in [0, 0.05) is 12.6 Å². The zero-order chi connectivity index (χ0) is 14.3. The molecule has 0 atom stereocenters. The molecule has 3 nitrogen and oxygen atoms in total. The van der Waals surface area contributed by atoms with Crippen LogP contribution in [-0.2, 0) is 7.05 Å². The van der Waals surface area contributed by atoms with Crippen molar-refractivity contribution in [3.63, 3.8) is 0 Å². The minimum Gasteiger partial charge on any atom is -0.508 e. The topological polar surface area (TPSA) is 38.0 Å². The molecule has 0 spiro atoms. The van der Waals surface area contributed by atoms with E-state index >= 15 is 0 Å². The van der Waals surface area contributed by atoms with Crippen molar-refractivity contribution >= 4 is 10.8 Å². The van der Waals surface area contributed by atoms with E-state index in [1.54, 1.807) is 30.3 Å². The molecule has 0 aliphatic rings. The van der Waals surface area contributed by atoms with E-state index in [1.165, 1.54) is 17.9 Å². The lowest BCUT2D eigenvalue weighted by Crippen LogP contribution is -1.99. The van der Waals surface area contributed by atoms with Gasteiger partial charge in [0.15, 0.2) is 0 Å². The Morgan fingerprint density at radius 1 is 1.10 bits per heavy atom. The lowest BCUT2D eigenvalue weighted by atomic mass is 10.0. The zero-order valence-corrected chi connectivity index (χ0v) is 10.7. The summed E-state index contributed by atoms with van der Waals surface area (Å²) < 4.78 is 27.4. The first-order valence-corrected chi connectivity index (χ1v) is 6.09. The second kappa shape index (κ2) is 4.59. The summed E-state index contributed by atoms with van der Waals surface area (Å²) in [5, 5.41) is 15.1. The molecule has 20 heavy (non-hydrogen) atoms. The number of halogens is 2. The van der Waals surface area contributed by atoms with Crippen LogP contribution < -0.4 is 0 Å². The van der Waals surface area contributed by atoms with Gasteiger partial charge < -0.3 is 5.11 Å². The molecule has 1 N–H and O–H groups in total. The number of aromatic nitrogens is 2. The number of hydrogen-bond donors (Lipinski definition) is 1. The summed E-state index contributed by atoms with van der Waals surface area (Å²) in [6.07, 6.45) is -1.13. The van der Waals surface area contributed by atoms with E-state index in [4.69, 9.17) is 0 Å². The summed E-state index contributed by atoms with van der Waals surface area (Å²) in [6.45, 7) is 0. The molecule has 0 unspecified atom stereocenters. The number of phenolic OH excluding ortho intramolecular Hbond substituents is 1. The van der Waals surface area contributed by atoms with Crippen molar-refractivity contribution in [3.05, 3.63) is 48.3 Å². The van der Waals surface area contributed by atoms with Gasteiger partial charge in [0.25, 0.3) is 6.43 Å². The van der Waals surface area contributed by atoms with Crippen molar-refractivity contribution in [1.82, 2.24) is 9.78 Å². The van der Waals surface area contributed by atoms with Gasteiger partial charge >= 0.3 is 0 Å². The van der Waals surface area contributed by atoms with E-state index in [-0.39, 0.29) is 11.4 Å². The Morgan fingerprint density at radius 3 is 2.55 bits per heavy atom. The Kier molecular flexibility index (Phi) is 2.89. The van der Waals surface area contributed by atoms with Crippen molar-refractivity contribution in [2.45, 2.75) is 6.43 Å². The zero-order valence-electron chi connectivity index (χ0n) is 10.7. The average Bonchev–Trinajstić information content (AvgIpc) is 2.80. The minimum atomic E-state index is -2.58. The number of aryl methyl sites for hydroxylation is 1. The number of alkyl halides is 2. The summed E-state index contributed by atoms with van der Waals surface area (Å²) in [5.41, 5.74) is 1.02. The molecule has 0 saturated carbocycles. The van der Waals surface area contributed by atoms with Gasteiger partial charge in [-0.15, -0.1) is 0 Å². The molecule has 0 fully saturated rings. The number of benzene rings is 2. The Labute approximate surface area is 114 Å². The summed E-state index contributed by atoms with van der Waals surface area (Å²) in [7, 11) is 1.50. The SMILES string of the molecule is Cn1ncc(-c2ccc3cc(O)ccc3c2)c1C(F)F. The molecule has 5 heteroatoms. The van der Waals surface area contributed by atoms with Crippen LogP contribution in [0.15, 0.2) is 42.6 Å². The molecule has 0 radical (unpaired) electrons. The summed E-state index contributed by atoms with van der Waals surface area (Å²) in [5.74, 6) is 0.180. The standard InChI is InChI=1S/C15H12F2N2O/c1-19-14(15(16)17)13(8-18-19)11-3-2-10-7-12(20)5-4-9(10)6-11/h2-8,15,20H,1H3. The highest BCUT2D eigenvalue weighted by atomic mass is 19.3. The first-order chi connectivity index (χ1) is 9.56. The molecule has 2 aromatic carbocycles. The van der Waals surface area contributed by atoms with Crippen molar-refractivity contribution in [2.24, 2.45) is 7.05 Å². The normalized spacial score (nSPS) is 11.4. The molecule has 0 aliphatic heterocycles. The van der Waals surface area contributed by atoms with Gasteiger partial charge in [-0.2, -0.15) is 5.10 Å². The van der Waals surface area contributed by atoms with Gasteiger partial charge in [-0.1, -0.05) is 18.2 Å². The lowest BCUT2D eigenvalue weighted by Gasteiger charge is -2.06. The average molecular weight is 274 g/mol. The van der Waals surface area contributed by atoms with Crippen LogP contribution >= 0.6 is 0 Å². The van der Waals surface area contributed by atoms with E-state index in [0.29, 0.717) is 11.1 Å². The first-order valence-electron chi connectivity index (χ1n) is 6.09. The smallest absolute Gasteiger partial charge is 0.280 e. The number of rotatable bonds is 2. The van der Waals surface area contributed by atoms with E-state index in [1.807, 2.05) is 6.07 Å². The first kappa shape index (κ1) is 12.6. The second-order valence-corrected chi connectivity index (χ2v) is 4.61. The quantitative estimate of drug-likeness (QED) is 0.770. The van der Waals surface area contributed by atoms with E-state index in [0.717, 1.165) is 10.8 Å². The molecule has 0 amide bonds. The maximum Gasteiger partial charge on any atom is 0.280 e. The number of phenols is 1. The predicted octanol–water partition coefficient (Wildman–Crippen LogP) is 3.88. The molecule has 3 aromatic rings. The lowest BCUT2D eigenvalue weighted by molar-refractivity contribution is 0.141. The van der Waals surface area contributed by atoms with Crippen molar-refractivity contribution in [3.8, 4) is 16.9 Å². The molecule has 1 aromatic heterocycles. The van der Waals surface area contributed by atoms with Crippen LogP contribution in [0.5, 0.6) is 5.75 Å². The van der Waals surface area contributed by atoms with Gasteiger partial charge in [0.2, 0.25) is 0 Å². The Hall–Kier alpha value is -2.43. The van der Waals surface area contributed by atoms with Gasteiger partial charge in [-0.3, -0.25) is 4.68 Å². The monoisotopic (exact) mass is 274 g/mol. The van der Waals surface area contributed by atoms with E-state index in [9.17, 15) is 13.9 Å². The van der Waals surface area contributed by atoms with E-state index < -0.39 is 6.43 Å². The molecule has 0 aliphatic carbocycles. The van der Waals surface area contributed by atoms with Crippen molar-refractivity contribution in [2.75, 3.05) is 0 Å². The van der Waals surface area contributed by atoms with E-state index in [2.05, 4.69) is 5.10 Å². The third-order valence-corrected chi connectivity index (χ3v) is 3.33. The van der Waals surface area contributed by atoms with Crippen LogP contribution in [0.1, 0.15) is 12.1 Å². The molecule has 3 rings (SSSR count). The Morgan fingerprint density at radius 2 is 1.80 bits per heavy atom. The van der Waals surface area contributed by atoms with Crippen LogP contribution in [0, 0.1) is 0 Å². The van der Waals surface area contributed by atoms with Gasteiger partial charge in [-0.25, -0.2) is 8.78 Å².